The van der Waals surface area contributed by atoms with Gasteiger partial charge in [-0.25, -0.2) is 4.79 Å². The van der Waals surface area contributed by atoms with E-state index in [9.17, 15) is 19.5 Å². The number of likely N-dealkylation sites (N-methyl/N-ethyl adjacent to an activating group) is 1. The van der Waals surface area contributed by atoms with Gasteiger partial charge in [0.25, 0.3) is 6.29 Å². The van der Waals surface area contributed by atoms with Gasteiger partial charge in [-0.1, -0.05) is 206 Å². The van der Waals surface area contributed by atoms with Crippen LogP contribution in [0.4, 0.5) is 0 Å². The van der Waals surface area contributed by atoms with Crippen molar-refractivity contribution in [1.82, 2.24) is 0 Å². The Morgan fingerprint density at radius 2 is 0.836 bits per heavy atom. The van der Waals surface area contributed by atoms with Crippen LogP contribution in [0.15, 0.2) is 12.2 Å². The number of aliphatic carboxylic acids is 1. The molecule has 0 saturated heterocycles. The number of hydrogen-bond donors (Lipinski definition) is 1. The molecule has 9 heteroatoms. The van der Waals surface area contributed by atoms with Crippen molar-refractivity contribution in [3.8, 4) is 0 Å². The third-order valence-electron chi connectivity index (χ3n) is 11.5. The summed E-state index contributed by atoms with van der Waals surface area (Å²) in [6.07, 6.45) is 45.8. The second kappa shape index (κ2) is 44.6. The molecule has 1 N–H and O–H groups in total. The Hall–Kier alpha value is -1.97. The van der Waals surface area contributed by atoms with E-state index in [-0.39, 0.29) is 32.2 Å². The number of esters is 2. The van der Waals surface area contributed by atoms with Gasteiger partial charge < -0.3 is 28.5 Å². The number of allylic oxidation sites excluding steroid dienone is 2. The van der Waals surface area contributed by atoms with Crippen LogP contribution in [0, 0.1) is 0 Å². The van der Waals surface area contributed by atoms with Crippen molar-refractivity contribution in [2.24, 2.45) is 0 Å². The van der Waals surface area contributed by atoms with Gasteiger partial charge in [-0.2, -0.15) is 0 Å². The molecule has 0 bridgehead atoms. The van der Waals surface area contributed by atoms with Crippen molar-refractivity contribution in [2.75, 3.05) is 47.5 Å². The highest BCUT2D eigenvalue weighted by Crippen LogP contribution is 2.16. The standard InChI is InChI=1S/C52H99NO8/c1-6-8-10-12-14-16-17-18-19-20-21-22-23-24-25-26-27-28-29-30-31-32-33-35-37-39-41-43-50(55)61-48(47-60-52(51(56)57)58-45-44-53(3,4)5)46-59-49(54)42-40-38-36-34-15-13-11-9-7-2/h20-21,48,52H,6-19,22-47H2,1-5H3/p+1/b21-20-. The normalized spacial score (nSPS) is 12.9. The Morgan fingerprint density at radius 1 is 0.475 bits per heavy atom. The predicted octanol–water partition coefficient (Wildman–Crippen LogP) is 14.2. The molecule has 0 radical (unpaired) electrons. The molecular weight excluding hydrogens is 767 g/mol. The first-order valence-corrected chi connectivity index (χ1v) is 25.9. The molecule has 0 aliphatic carbocycles. The molecule has 0 fully saturated rings. The molecule has 2 unspecified atom stereocenters. The summed E-state index contributed by atoms with van der Waals surface area (Å²) in [4.78, 5) is 37.1. The molecule has 2 atom stereocenters. The maximum atomic E-state index is 12.8. The molecule has 0 saturated carbocycles. The van der Waals surface area contributed by atoms with Gasteiger partial charge in [0.2, 0.25) is 0 Å². The summed E-state index contributed by atoms with van der Waals surface area (Å²) in [6, 6.07) is 0. The Labute approximate surface area is 376 Å². The highest BCUT2D eigenvalue weighted by atomic mass is 16.7. The van der Waals surface area contributed by atoms with Crippen LogP contribution in [0.1, 0.15) is 245 Å². The highest BCUT2D eigenvalue weighted by Gasteiger charge is 2.25. The lowest BCUT2D eigenvalue weighted by molar-refractivity contribution is -0.870. The van der Waals surface area contributed by atoms with Crippen LogP contribution in [-0.4, -0.2) is 87.4 Å². The van der Waals surface area contributed by atoms with Gasteiger partial charge in [-0.3, -0.25) is 9.59 Å². The van der Waals surface area contributed by atoms with Gasteiger partial charge in [0.1, 0.15) is 13.2 Å². The monoisotopic (exact) mass is 867 g/mol. The quantitative estimate of drug-likeness (QED) is 0.0212. The van der Waals surface area contributed by atoms with E-state index in [2.05, 4.69) is 26.0 Å². The number of carbonyl (C=O) groups is 3. The number of carbonyl (C=O) groups excluding carboxylic acids is 2. The fourth-order valence-electron chi connectivity index (χ4n) is 7.48. The molecule has 0 spiro atoms. The van der Waals surface area contributed by atoms with E-state index in [0.717, 1.165) is 38.5 Å². The zero-order valence-corrected chi connectivity index (χ0v) is 40.8. The van der Waals surface area contributed by atoms with Crippen molar-refractivity contribution < 1.29 is 42.9 Å². The SMILES string of the molecule is CCCCCCCCCC/C=C\CCCCCCCCCCCCCCCCCC(=O)OC(COC(=O)CCCCCCCCCCC)COC(OCC[N+](C)(C)C)C(=O)O. The molecule has 0 aliphatic rings. The van der Waals surface area contributed by atoms with Crippen LogP contribution in [0.5, 0.6) is 0 Å². The van der Waals surface area contributed by atoms with Crippen LogP contribution in [-0.2, 0) is 33.3 Å². The summed E-state index contributed by atoms with van der Waals surface area (Å²) in [6.45, 7) is 4.88. The minimum Gasteiger partial charge on any atom is -0.477 e. The van der Waals surface area contributed by atoms with E-state index >= 15 is 0 Å². The fourth-order valence-corrected chi connectivity index (χ4v) is 7.48. The molecule has 0 heterocycles. The lowest BCUT2D eigenvalue weighted by Crippen LogP contribution is -2.40. The first-order chi connectivity index (χ1) is 29.6. The predicted molar refractivity (Wildman–Crippen MR) is 254 cm³/mol. The van der Waals surface area contributed by atoms with Gasteiger partial charge >= 0.3 is 17.9 Å². The molecular formula is C52H100NO8+. The second-order valence-electron chi connectivity index (χ2n) is 18.8. The number of ether oxygens (including phenoxy) is 4. The van der Waals surface area contributed by atoms with Crippen LogP contribution in [0.3, 0.4) is 0 Å². The third kappa shape index (κ3) is 45.9. The molecule has 0 aromatic heterocycles. The molecule has 0 aromatic rings. The average Bonchev–Trinajstić information content (AvgIpc) is 3.22. The van der Waals surface area contributed by atoms with Gasteiger partial charge in [-0.15, -0.1) is 0 Å². The van der Waals surface area contributed by atoms with Gasteiger partial charge in [0.05, 0.1) is 34.4 Å². The smallest absolute Gasteiger partial charge is 0.361 e. The number of carboxylic acid groups (broad SMARTS) is 1. The lowest BCUT2D eigenvalue weighted by Gasteiger charge is -2.25. The summed E-state index contributed by atoms with van der Waals surface area (Å²) < 4.78 is 22.7. The largest absolute Gasteiger partial charge is 0.477 e. The molecule has 360 valence electrons. The summed E-state index contributed by atoms with van der Waals surface area (Å²) >= 11 is 0. The maximum absolute atomic E-state index is 12.8. The van der Waals surface area contributed by atoms with E-state index in [4.69, 9.17) is 18.9 Å². The minimum atomic E-state index is -1.50. The Bertz CT molecular complexity index is 1010. The number of rotatable bonds is 48. The zero-order chi connectivity index (χ0) is 44.9. The van der Waals surface area contributed by atoms with E-state index in [1.807, 2.05) is 21.1 Å². The number of unbranched alkanes of at least 4 members (excludes halogenated alkanes) is 31. The number of quaternary nitrogens is 1. The Balaban J connectivity index is 4.11. The van der Waals surface area contributed by atoms with E-state index in [1.54, 1.807) is 0 Å². The summed E-state index contributed by atoms with van der Waals surface area (Å²) in [5, 5.41) is 9.64. The molecule has 0 rings (SSSR count). The topological polar surface area (TPSA) is 108 Å². The minimum absolute atomic E-state index is 0.176. The number of hydrogen-bond acceptors (Lipinski definition) is 7. The average molecular weight is 867 g/mol. The fraction of sp³-hybridized carbons (Fsp3) is 0.904. The highest BCUT2D eigenvalue weighted by molar-refractivity contribution is 5.71. The van der Waals surface area contributed by atoms with Crippen molar-refractivity contribution >= 4 is 17.9 Å². The Morgan fingerprint density at radius 3 is 1.21 bits per heavy atom. The molecule has 61 heavy (non-hydrogen) atoms. The van der Waals surface area contributed by atoms with Crippen molar-refractivity contribution in [3.63, 3.8) is 0 Å². The summed E-state index contributed by atoms with van der Waals surface area (Å²) in [7, 11) is 5.96. The van der Waals surface area contributed by atoms with Crippen LogP contribution in [0.2, 0.25) is 0 Å². The van der Waals surface area contributed by atoms with E-state index in [1.165, 1.54) is 180 Å². The van der Waals surface area contributed by atoms with Gasteiger partial charge in [-0.05, 0) is 38.5 Å². The molecule has 0 amide bonds. The second-order valence-corrected chi connectivity index (χ2v) is 18.8. The van der Waals surface area contributed by atoms with Crippen molar-refractivity contribution in [2.45, 2.75) is 257 Å². The summed E-state index contributed by atoms with van der Waals surface area (Å²) in [5.74, 6) is -1.99. The van der Waals surface area contributed by atoms with Gasteiger partial charge in [0, 0.05) is 12.8 Å². The van der Waals surface area contributed by atoms with Gasteiger partial charge in [0.15, 0.2) is 6.10 Å². The Kier molecular flexibility index (Phi) is 43.2. The number of nitrogens with zero attached hydrogens (tertiary/aromatic N) is 1. The lowest BCUT2D eigenvalue weighted by atomic mass is 10.0. The van der Waals surface area contributed by atoms with Crippen LogP contribution >= 0.6 is 0 Å². The van der Waals surface area contributed by atoms with Crippen LogP contribution in [0.25, 0.3) is 0 Å². The van der Waals surface area contributed by atoms with E-state index in [0.29, 0.717) is 17.4 Å². The van der Waals surface area contributed by atoms with Crippen molar-refractivity contribution in [1.29, 1.82) is 0 Å². The maximum Gasteiger partial charge on any atom is 0.361 e. The van der Waals surface area contributed by atoms with Crippen LogP contribution < -0.4 is 0 Å². The molecule has 9 nitrogen and oxygen atoms in total. The van der Waals surface area contributed by atoms with Crippen molar-refractivity contribution in [3.05, 3.63) is 12.2 Å². The first-order valence-electron chi connectivity index (χ1n) is 25.9. The zero-order valence-electron chi connectivity index (χ0n) is 40.8. The third-order valence-corrected chi connectivity index (χ3v) is 11.5. The summed E-state index contributed by atoms with van der Waals surface area (Å²) in [5.41, 5.74) is 0. The molecule has 0 aliphatic heterocycles. The first kappa shape index (κ1) is 59.0. The number of carboxylic acids is 1. The molecule has 0 aromatic carbocycles. The van der Waals surface area contributed by atoms with E-state index < -0.39 is 24.3 Å².